The Balaban J connectivity index is 0.000000640. The number of nitrogens with one attached hydrogen (secondary N) is 2. The molecule has 0 aromatic heterocycles. The van der Waals surface area contributed by atoms with Crippen LogP contribution in [0.15, 0.2) is 24.6 Å². The minimum absolute atomic E-state index is 0. The Morgan fingerprint density at radius 2 is 1.56 bits per heavy atom. The summed E-state index contributed by atoms with van der Waals surface area (Å²) in [6.45, 7) is 0. The van der Waals surface area contributed by atoms with Crippen LogP contribution in [0.3, 0.4) is 0 Å². The Morgan fingerprint density at radius 3 is 2.00 bits per heavy atom. The smallest absolute Gasteiger partial charge is 0.147 e. The van der Waals surface area contributed by atoms with E-state index in [2.05, 4.69) is 23.3 Å². The van der Waals surface area contributed by atoms with Crippen molar-refractivity contribution in [3.63, 3.8) is 0 Å². The minimum atomic E-state index is 0. The first-order valence-electron chi connectivity index (χ1n) is 2.21. The average molecular weight is 165 g/mol. The van der Waals surface area contributed by atoms with Crippen molar-refractivity contribution in [3.8, 4) is 0 Å². The summed E-state index contributed by atoms with van der Waals surface area (Å²) in [6, 6.07) is 0. The van der Waals surface area contributed by atoms with E-state index in [-0.39, 0.29) is 12.4 Å². The molecule has 0 bridgehead atoms. The van der Waals surface area contributed by atoms with E-state index in [9.17, 15) is 0 Å². The summed E-state index contributed by atoms with van der Waals surface area (Å²) in [7, 11) is 0. The molecule has 0 unspecified atom stereocenters. The standard InChI is InChI=1S/C4H6N3S.ClH/c8-7-5-3-1-2-4-6-7;/h1-4H,(H2,5,6,8);1H/q+1;. The molecule has 1 rings (SSSR count). The fourth-order valence-electron chi connectivity index (χ4n) is 0.370. The van der Waals surface area contributed by atoms with Gasteiger partial charge in [0.1, 0.15) is 0 Å². The normalized spacial score (nSPS) is 14.9. The zero-order chi connectivity index (χ0) is 5.82. The molecule has 0 saturated heterocycles. The van der Waals surface area contributed by atoms with Gasteiger partial charge in [-0.15, -0.1) is 23.3 Å². The highest BCUT2D eigenvalue weighted by atomic mass is 35.5. The summed E-state index contributed by atoms with van der Waals surface area (Å²) in [5, 5.41) is 0. The number of nitrogens with zero attached hydrogens (tertiary/aromatic N) is 1. The van der Waals surface area contributed by atoms with Crippen LogP contribution < -0.4 is 10.9 Å². The van der Waals surface area contributed by atoms with Crippen molar-refractivity contribution in [2.45, 2.75) is 0 Å². The fraction of sp³-hybridized carbons (Fsp3) is 0. The van der Waals surface area contributed by atoms with E-state index < -0.39 is 0 Å². The van der Waals surface area contributed by atoms with E-state index >= 15 is 0 Å². The summed E-state index contributed by atoms with van der Waals surface area (Å²) in [6.07, 6.45) is 7.17. The maximum absolute atomic E-state index is 4.68. The Morgan fingerprint density at radius 1 is 1.11 bits per heavy atom. The molecule has 0 spiro atoms. The van der Waals surface area contributed by atoms with Gasteiger partial charge in [-0.2, -0.15) is 0 Å². The van der Waals surface area contributed by atoms with Crippen LogP contribution in [0.25, 0.3) is 0 Å². The van der Waals surface area contributed by atoms with Gasteiger partial charge in [0.25, 0.3) is 0 Å². The topological polar surface area (TPSA) is 27.1 Å². The molecule has 0 aliphatic carbocycles. The average Bonchev–Trinajstić information content (AvgIpc) is 1.94. The van der Waals surface area contributed by atoms with E-state index in [4.69, 9.17) is 0 Å². The zero-order valence-corrected chi connectivity index (χ0v) is 6.21. The van der Waals surface area contributed by atoms with Gasteiger partial charge in [-0.3, -0.25) is 0 Å². The maximum Gasteiger partial charge on any atom is 0.334 e. The molecule has 5 heteroatoms. The summed E-state index contributed by atoms with van der Waals surface area (Å²) in [5.41, 5.74) is 5.48. The van der Waals surface area contributed by atoms with Crippen LogP contribution in [0.5, 0.6) is 0 Å². The van der Waals surface area contributed by atoms with Gasteiger partial charge in [-0.1, -0.05) is 0 Å². The second-order valence-corrected chi connectivity index (χ2v) is 1.64. The number of hydrogen-bond acceptors (Lipinski definition) is 1. The number of allylic oxidation sites excluding steroid dienone is 2. The molecule has 0 atom stereocenters. The molecule has 2 N–H and O–H groups in total. The van der Waals surface area contributed by atoms with Crippen LogP contribution in [0.4, 0.5) is 0 Å². The first-order chi connectivity index (χ1) is 3.89. The maximum atomic E-state index is 4.68. The molecule has 0 aromatic carbocycles. The molecule has 1 aliphatic heterocycles. The van der Waals surface area contributed by atoms with Crippen molar-refractivity contribution < 1.29 is 4.16 Å². The Labute approximate surface area is 64.9 Å². The van der Waals surface area contributed by atoms with Crippen LogP contribution in [0, 0.1) is 0 Å². The molecule has 3 nitrogen and oxygen atoms in total. The largest absolute Gasteiger partial charge is 0.334 e. The first kappa shape index (κ1) is 8.39. The highest BCUT2D eigenvalue weighted by Gasteiger charge is 1.93. The molecule has 1 heterocycles. The highest BCUT2D eigenvalue weighted by molar-refractivity contribution is 7.44. The summed E-state index contributed by atoms with van der Waals surface area (Å²) < 4.78 is 1.33. The van der Waals surface area contributed by atoms with E-state index in [0.717, 1.165) is 0 Å². The van der Waals surface area contributed by atoms with Crippen LogP contribution in [-0.4, -0.2) is 4.16 Å². The lowest BCUT2D eigenvalue weighted by Gasteiger charge is -1.86. The third kappa shape index (κ3) is 3.05. The van der Waals surface area contributed by atoms with Gasteiger partial charge < -0.3 is 0 Å². The van der Waals surface area contributed by atoms with Gasteiger partial charge >= 0.3 is 12.4 Å². The van der Waals surface area contributed by atoms with Crippen LogP contribution >= 0.6 is 12.4 Å². The molecule has 9 heavy (non-hydrogen) atoms. The number of rotatable bonds is 0. The quantitative estimate of drug-likeness (QED) is 0.501. The minimum Gasteiger partial charge on any atom is -0.147 e. The third-order valence-corrected chi connectivity index (χ3v) is 0.898. The van der Waals surface area contributed by atoms with Crippen molar-refractivity contribution in [1.29, 1.82) is 0 Å². The van der Waals surface area contributed by atoms with E-state index in [1.165, 1.54) is 4.16 Å². The van der Waals surface area contributed by atoms with Crippen molar-refractivity contribution in [3.05, 3.63) is 24.6 Å². The second-order valence-electron chi connectivity index (χ2n) is 1.27. The molecule has 0 saturated carbocycles. The lowest BCUT2D eigenvalue weighted by Crippen LogP contribution is -2.29. The zero-order valence-electron chi connectivity index (χ0n) is 4.57. The van der Waals surface area contributed by atoms with Crippen molar-refractivity contribution in [2.24, 2.45) is 0 Å². The van der Waals surface area contributed by atoms with Crippen molar-refractivity contribution in [2.75, 3.05) is 0 Å². The van der Waals surface area contributed by atoms with E-state index in [0.29, 0.717) is 0 Å². The van der Waals surface area contributed by atoms with Crippen LogP contribution in [0.1, 0.15) is 0 Å². The SMILES string of the molecule is Cl.S=[N+]1NC=CC=CN1. The van der Waals surface area contributed by atoms with Gasteiger partial charge in [0, 0.05) is 0 Å². The molecular weight excluding hydrogens is 158 g/mol. The lowest BCUT2D eigenvalue weighted by atomic mass is 10.6. The van der Waals surface area contributed by atoms with Gasteiger partial charge in [0.2, 0.25) is 0 Å². The lowest BCUT2D eigenvalue weighted by molar-refractivity contribution is -0.596. The predicted octanol–water partition coefficient (Wildman–Crippen LogP) is 0.201. The third-order valence-electron chi connectivity index (χ3n) is 0.687. The molecule has 0 fully saturated rings. The van der Waals surface area contributed by atoms with Crippen LogP contribution in [0.2, 0.25) is 0 Å². The highest BCUT2D eigenvalue weighted by Crippen LogP contribution is 1.75. The second kappa shape index (κ2) is 4.29. The van der Waals surface area contributed by atoms with Gasteiger partial charge in [-0.05, 0) is 12.2 Å². The summed E-state index contributed by atoms with van der Waals surface area (Å²) >= 11 is 4.68. The van der Waals surface area contributed by atoms with Gasteiger partial charge in [0.05, 0.1) is 16.6 Å². The predicted molar refractivity (Wildman–Crippen MR) is 39.4 cm³/mol. The Bertz CT molecular complexity index is 138. The molecule has 0 aromatic rings. The number of halogens is 1. The van der Waals surface area contributed by atoms with Gasteiger partial charge in [0.15, 0.2) is 0 Å². The molecular formula is C4H7ClN3S+. The first-order valence-corrected chi connectivity index (χ1v) is 2.57. The van der Waals surface area contributed by atoms with Crippen LogP contribution in [-0.2, 0) is 12.4 Å². The van der Waals surface area contributed by atoms with Gasteiger partial charge in [-0.25, -0.2) is 0 Å². The fourth-order valence-corrected chi connectivity index (χ4v) is 0.492. The number of hydrazine groups is 2. The van der Waals surface area contributed by atoms with E-state index in [1.807, 2.05) is 12.2 Å². The summed E-state index contributed by atoms with van der Waals surface area (Å²) in [5.74, 6) is 0. The van der Waals surface area contributed by atoms with Crippen molar-refractivity contribution >= 4 is 24.8 Å². The molecule has 50 valence electrons. The molecule has 1 aliphatic rings. The Kier molecular flexibility index (Phi) is 4.00. The molecule has 0 radical (unpaired) electrons. The Hall–Kier alpha value is -0.610. The monoisotopic (exact) mass is 164 g/mol. The van der Waals surface area contributed by atoms with Crippen molar-refractivity contribution in [1.82, 2.24) is 10.9 Å². The molecule has 0 amide bonds. The number of hydrogen-bond donors (Lipinski definition) is 2. The summed E-state index contributed by atoms with van der Waals surface area (Å²) in [4.78, 5) is 0. The van der Waals surface area contributed by atoms with E-state index in [1.54, 1.807) is 12.4 Å².